The van der Waals surface area contributed by atoms with Crippen LogP contribution in [0, 0.1) is 0 Å². The van der Waals surface area contributed by atoms with Gasteiger partial charge in [0.25, 0.3) is 0 Å². The Morgan fingerprint density at radius 2 is 2.00 bits per heavy atom. The molecular formula is C15H28N2O. The van der Waals surface area contributed by atoms with Gasteiger partial charge in [0.15, 0.2) is 0 Å². The third-order valence-corrected chi connectivity index (χ3v) is 3.08. The number of nitrogens with one attached hydrogen (secondary N) is 1. The Bertz CT molecular complexity index is 272. The summed E-state index contributed by atoms with van der Waals surface area (Å²) >= 11 is 0. The second-order valence-electron chi connectivity index (χ2n) is 4.98. The number of unbranched alkanes of at least 4 members (excludes halogenated alkanes) is 3. The van der Waals surface area contributed by atoms with E-state index in [0.29, 0.717) is 0 Å². The highest BCUT2D eigenvalue weighted by atomic mass is 16.3. The Morgan fingerprint density at radius 1 is 1.17 bits per heavy atom. The lowest BCUT2D eigenvalue weighted by Crippen LogP contribution is -2.19. The van der Waals surface area contributed by atoms with E-state index in [9.17, 15) is 0 Å². The van der Waals surface area contributed by atoms with Gasteiger partial charge in [-0.15, -0.1) is 0 Å². The molecule has 1 N–H and O–H groups in total. The standard InChI is InChI=1S/C15H28N2O/c1-3-10-16-11-6-4-5-7-12-17(2)14-15-9-8-13-18-15/h8-9,13,16H,3-7,10-12,14H2,1-2H3. The maximum Gasteiger partial charge on any atom is 0.117 e. The molecular weight excluding hydrogens is 224 g/mol. The second-order valence-corrected chi connectivity index (χ2v) is 4.98. The highest BCUT2D eigenvalue weighted by Gasteiger charge is 2.01. The lowest BCUT2D eigenvalue weighted by Gasteiger charge is -2.14. The van der Waals surface area contributed by atoms with Gasteiger partial charge in [0.05, 0.1) is 12.8 Å². The molecule has 0 fully saturated rings. The SMILES string of the molecule is CCCNCCCCCCN(C)Cc1ccco1. The van der Waals surface area contributed by atoms with E-state index < -0.39 is 0 Å². The van der Waals surface area contributed by atoms with Crippen LogP contribution in [0.1, 0.15) is 44.8 Å². The van der Waals surface area contributed by atoms with E-state index in [1.54, 1.807) is 6.26 Å². The molecule has 0 aliphatic rings. The monoisotopic (exact) mass is 252 g/mol. The van der Waals surface area contributed by atoms with E-state index in [1.807, 2.05) is 12.1 Å². The van der Waals surface area contributed by atoms with Crippen LogP contribution in [-0.2, 0) is 6.54 Å². The molecule has 3 heteroatoms. The van der Waals surface area contributed by atoms with Gasteiger partial charge in [-0.25, -0.2) is 0 Å². The topological polar surface area (TPSA) is 28.4 Å². The summed E-state index contributed by atoms with van der Waals surface area (Å²) in [4.78, 5) is 2.33. The first-order chi connectivity index (χ1) is 8.83. The summed E-state index contributed by atoms with van der Waals surface area (Å²) < 4.78 is 5.34. The van der Waals surface area contributed by atoms with Gasteiger partial charge in [0, 0.05) is 0 Å². The van der Waals surface area contributed by atoms with Crippen LogP contribution in [0.3, 0.4) is 0 Å². The van der Waals surface area contributed by atoms with Crippen molar-refractivity contribution in [2.75, 3.05) is 26.7 Å². The summed E-state index contributed by atoms with van der Waals surface area (Å²) in [6, 6.07) is 3.99. The molecule has 0 aliphatic heterocycles. The molecule has 0 aliphatic carbocycles. The van der Waals surface area contributed by atoms with Gasteiger partial charge in [0.2, 0.25) is 0 Å². The lowest BCUT2D eigenvalue weighted by atomic mass is 10.2. The van der Waals surface area contributed by atoms with Crippen LogP contribution in [0.25, 0.3) is 0 Å². The Morgan fingerprint density at radius 3 is 2.72 bits per heavy atom. The predicted molar refractivity (Wildman–Crippen MR) is 76.7 cm³/mol. The van der Waals surface area contributed by atoms with E-state index in [0.717, 1.165) is 25.4 Å². The van der Waals surface area contributed by atoms with Crippen LogP contribution in [0.5, 0.6) is 0 Å². The molecule has 1 rings (SSSR count). The average Bonchev–Trinajstić information content (AvgIpc) is 2.85. The summed E-state index contributed by atoms with van der Waals surface area (Å²) in [5, 5.41) is 3.44. The predicted octanol–water partition coefficient (Wildman–Crippen LogP) is 3.27. The molecule has 1 aromatic heterocycles. The van der Waals surface area contributed by atoms with Gasteiger partial charge < -0.3 is 9.73 Å². The molecule has 3 nitrogen and oxygen atoms in total. The molecule has 0 spiro atoms. The van der Waals surface area contributed by atoms with E-state index >= 15 is 0 Å². The number of furan rings is 1. The van der Waals surface area contributed by atoms with Gasteiger partial charge in [-0.2, -0.15) is 0 Å². The molecule has 1 heterocycles. The minimum atomic E-state index is 0.922. The van der Waals surface area contributed by atoms with E-state index in [2.05, 4.69) is 24.2 Å². The van der Waals surface area contributed by atoms with Crippen molar-refractivity contribution in [1.29, 1.82) is 0 Å². The fourth-order valence-electron chi connectivity index (χ4n) is 2.03. The highest BCUT2D eigenvalue weighted by Crippen LogP contribution is 2.06. The van der Waals surface area contributed by atoms with Crippen LogP contribution in [0.4, 0.5) is 0 Å². The van der Waals surface area contributed by atoms with Crippen LogP contribution >= 0.6 is 0 Å². The maximum atomic E-state index is 5.34. The first kappa shape index (κ1) is 15.3. The Kier molecular flexibility index (Phi) is 8.61. The van der Waals surface area contributed by atoms with Crippen molar-refractivity contribution in [3.63, 3.8) is 0 Å². The first-order valence-electron chi connectivity index (χ1n) is 7.24. The lowest BCUT2D eigenvalue weighted by molar-refractivity contribution is 0.288. The van der Waals surface area contributed by atoms with Crippen molar-refractivity contribution in [3.8, 4) is 0 Å². The van der Waals surface area contributed by atoms with Crippen molar-refractivity contribution >= 4 is 0 Å². The molecule has 0 amide bonds. The zero-order valence-corrected chi connectivity index (χ0v) is 12.0. The first-order valence-corrected chi connectivity index (χ1v) is 7.24. The largest absolute Gasteiger partial charge is 0.468 e. The van der Waals surface area contributed by atoms with Crippen molar-refractivity contribution < 1.29 is 4.42 Å². The zero-order valence-electron chi connectivity index (χ0n) is 12.0. The zero-order chi connectivity index (χ0) is 13.1. The van der Waals surface area contributed by atoms with Gasteiger partial charge in [-0.05, 0) is 58.1 Å². The van der Waals surface area contributed by atoms with E-state index in [4.69, 9.17) is 4.42 Å². The Labute approximate surface area is 112 Å². The number of hydrogen-bond donors (Lipinski definition) is 1. The molecule has 0 radical (unpaired) electrons. The molecule has 0 saturated carbocycles. The van der Waals surface area contributed by atoms with Gasteiger partial charge in [0.1, 0.15) is 5.76 Å². The number of rotatable bonds is 11. The summed E-state index contributed by atoms with van der Waals surface area (Å²) in [6.07, 6.45) is 8.23. The summed E-state index contributed by atoms with van der Waals surface area (Å²) in [7, 11) is 2.16. The molecule has 1 aromatic rings. The van der Waals surface area contributed by atoms with Crippen molar-refractivity contribution in [2.24, 2.45) is 0 Å². The van der Waals surface area contributed by atoms with Crippen LogP contribution in [0.2, 0.25) is 0 Å². The summed E-state index contributed by atoms with van der Waals surface area (Å²) in [6.45, 7) is 6.62. The Balaban J connectivity index is 1.88. The van der Waals surface area contributed by atoms with E-state index in [-0.39, 0.29) is 0 Å². The minimum Gasteiger partial charge on any atom is -0.468 e. The van der Waals surface area contributed by atoms with Gasteiger partial charge in [-0.3, -0.25) is 4.90 Å². The molecule has 0 saturated heterocycles. The minimum absolute atomic E-state index is 0.922. The third kappa shape index (κ3) is 7.51. The third-order valence-electron chi connectivity index (χ3n) is 3.08. The Hall–Kier alpha value is -0.800. The van der Waals surface area contributed by atoms with E-state index in [1.165, 1.54) is 38.6 Å². The van der Waals surface area contributed by atoms with Crippen LogP contribution in [0.15, 0.2) is 22.8 Å². The molecule has 0 aromatic carbocycles. The van der Waals surface area contributed by atoms with Crippen LogP contribution in [-0.4, -0.2) is 31.6 Å². The van der Waals surface area contributed by atoms with Crippen molar-refractivity contribution in [1.82, 2.24) is 10.2 Å². The molecule has 0 unspecified atom stereocenters. The quantitative estimate of drug-likeness (QED) is 0.613. The van der Waals surface area contributed by atoms with Crippen molar-refractivity contribution in [2.45, 2.75) is 45.6 Å². The molecule has 0 atom stereocenters. The average molecular weight is 252 g/mol. The molecule has 104 valence electrons. The molecule has 0 bridgehead atoms. The molecule has 18 heavy (non-hydrogen) atoms. The number of nitrogens with zero attached hydrogens (tertiary/aromatic N) is 1. The van der Waals surface area contributed by atoms with Crippen molar-refractivity contribution in [3.05, 3.63) is 24.2 Å². The smallest absolute Gasteiger partial charge is 0.117 e. The summed E-state index contributed by atoms with van der Waals surface area (Å²) in [5.74, 6) is 1.06. The van der Waals surface area contributed by atoms with Crippen LogP contribution < -0.4 is 5.32 Å². The normalized spacial score (nSPS) is 11.3. The fraction of sp³-hybridized carbons (Fsp3) is 0.733. The summed E-state index contributed by atoms with van der Waals surface area (Å²) in [5.41, 5.74) is 0. The highest BCUT2D eigenvalue weighted by molar-refractivity contribution is 4.97. The fourth-order valence-corrected chi connectivity index (χ4v) is 2.03. The van der Waals surface area contributed by atoms with Gasteiger partial charge in [-0.1, -0.05) is 19.8 Å². The second kappa shape index (κ2) is 10.2. The number of hydrogen-bond acceptors (Lipinski definition) is 3. The maximum absolute atomic E-state index is 5.34. The van der Waals surface area contributed by atoms with Gasteiger partial charge >= 0.3 is 0 Å².